The van der Waals surface area contributed by atoms with Crippen LogP contribution in [0.5, 0.6) is 0 Å². The number of anilines is 1. The molecule has 3 aromatic carbocycles. The lowest BCUT2D eigenvalue weighted by Gasteiger charge is -2.33. The van der Waals surface area contributed by atoms with Crippen molar-refractivity contribution in [2.24, 2.45) is 0 Å². The van der Waals surface area contributed by atoms with E-state index in [-0.39, 0.29) is 29.2 Å². The molecule has 3 N–H and O–H groups in total. The number of piperazine rings is 1. The Hall–Kier alpha value is -2.87. The number of carbonyl (C=O) groups is 1. The summed E-state index contributed by atoms with van der Waals surface area (Å²) in [4.78, 5) is 15.2. The molecule has 2 aliphatic rings. The van der Waals surface area contributed by atoms with Crippen molar-refractivity contribution >= 4 is 23.2 Å². The van der Waals surface area contributed by atoms with Crippen LogP contribution in [0, 0.1) is 0 Å². The minimum absolute atomic E-state index is 0.00989. The third-order valence-electron chi connectivity index (χ3n) is 6.82. The van der Waals surface area contributed by atoms with E-state index in [1.165, 1.54) is 27.2 Å². The monoisotopic (exact) mass is 487 g/mol. The first-order valence-corrected chi connectivity index (χ1v) is 11.7. The number of rotatable bonds is 4. The molecule has 1 amide bonds. The average molecular weight is 488 g/mol. The standard InChI is InChI=1S/C26H23ClF3N3O/c27-22-10-9-17(26(28,29)30)15-23(22)31-24(34)16-32-11-13-33(14-12-32)25-20-7-3-1-5-18(20)19-6-2-4-8-21(19)25/h1-10,15,25H,11-14,16H2,(H,31,34)/p+2. The minimum atomic E-state index is -4.49. The van der Waals surface area contributed by atoms with Gasteiger partial charge in [0.05, 0.1) is 16.3 Å². The summed E-state index contributed by atoms with van der Waals surface area (Å²) < 4.78 is 39.0. The Bertz CT molecular complexity index is 1180. The molecular formula is C26H25ClF3N3O+2. The van der Waals surface area contributed by atoms with Gasteiger partial charge in [-0.25, -0.2) is 0 Å². The van der Waals surface area contributed by atoms with Crippen molar-refractivity contribution in [2.75, 3.05) is 38.0 Å². The molecule has 0 radical (unpaired) electrons. The highest BCUT2D eigenvalue weighted by molar-refractivity contribution is 6.33. The third kappa shape index (κ3) is 4.43. The molecule has 3 aromatic rings. The number of quaternary nitrogens is 2. The van der Waals surface area contributed by atoms with Crippen molar-refractivity contribution in [3.05, 3.63) is 88.4 Å². The maximum Gasteiger partial charge on any atom is 0.416 e. The number of amides is 1. The number of benzene rings is 3. The molecule has 0 aromatic heterocycles. The van der Waals surface area contributed by atoms with Crippen molar-refractivity contribution in [1.29, 1.82) is 0 Å². The molecule has 5 rings (SSSR count). The van der Waals surface area contributed by atoms with Crippen LogP contribution in [0.2, 0.25) is 5.02 Å². The van der Waals surface area contributed by atoms with Crippen LogP contribution < -0.4 is 15.1 Å². The van der Waals surface area contributed by atoms with Crippen molar-refractivity contribution < 1.29 is 27.8 Å². The third-order valence-corrected chi connectivity index (χ3v) is 7.15. The number of fused-ring (bicyclic) bond motifs is 3. The second kappa shape index (κ2) is 9.06. The summed E-state index contributed by atoms with van der Waals surface area (Å²) in [6.45, 7) is 3.61. The summed E-state index contributed by atoms with van der Waals surface area (Å²) in [6, 6.07) is 20.3. The average Bonchev–Trinajstić information content (AvgIpc) is 3.15. The summed E-state index contributed by atoms with van der Waals surface area (Å²) in [5, 5.41) is 2.65. The molecule has 0 unspecified atom stereocenters. The molecular weight excluding hydrogens is 463 g/mol. The smallest absolute Gasteiger partial charge is 0.320 e. The van der Waals surface area contributed by atoms with E-state index in [4.69, 9.17) is 11.6 Å². The molecule has 1 aliphatic carbocycles. The number of alkyl halides is 3. The first kappa shape index (κ1) is 22.9. The Morgan fingerprint density at radius 3 is 2.09 bits per heavy atom. The first-order chi connectivity index (χ1) is 16.3. The quantitative estimate of drug-likeness (QED) is 0.520. The van der Waals surface area contributed by atoms with E-state index in [1.54, 1.807) is 0 Å². The van der Waals surface area contributed by atoms with Crippen LogP contribution >= 0.6 is 11.6 Å². The van der Waals surface area contributed by atoms with Gasteiger partial charge in [0.1, 0.15) is 32.2 Å². The highest BCUT2D eigenvalue weighted by Gasteiger charge is 2.38. The van der Waals surface area contributed by atoms with Gasteiger partial charge in [-0.2, -0.15) is 13.2 Å². The topological polar surface area (TPSA) is 38.0 Å². The lowest BCUT2D eigenvalue weighted by atomic mass is 10.0. The van der Waals surface area contributed by atoms with Gasteiger partial charge in [0.25, 0.3) is 5.91 Å². The zero-order valence-corrected chi connectivity index (χ0v) is 19.1. The Kier molecular flexibility index (Phi) is 6.10. The molecule has 34 heavy (non-hydrogen) atoms. The molecule has 176 valence electrons. The van der Waals surface area contributed by atoms with Gasteiger partial charge >= 0.3 is 6.18 Å². The molecule has 1 heterocycles. The largest absolute Gasteiger partial charge is 0.416 e. The fourth-order valence-corrected chi connectivity index (χ4v) is 5.37. The molecule has 1 fully saturated rings. The molecule has 8 heteroatoms. The zero-order chi connectivity index (χ0) is 23.9. The Morgan fingerprint density at radius 2 is 1.50 bits per heavy atom. The van der Waals surface area contributed by atoms with Crippen LogP contribution in [-0.4, -0.2) is 38.6 Å². The molecule has 0 spiro atoms. The van der Waals surface area contributed by atoms with E-state index in [2.05, 4.69) is 53.8 Å². The van der Waals surface area contributed by atoms with Gasteiger partial charge in [-0.3, -0.25) is 4.79 Å². The maximum atomic E-state index is 13.0. The van der Waals surface area contributed by atoms with Gasteiger partial charge in [-0.05, 0) is 29.3 Å². The van der Waals surface area contributed by atoms with E-state index >= 15 is 0 Å². The normalized spacial score (nSPS) is 20.0. The molecule has 1 saturated heterocycles. The van der Waals surface area contributed by atoms with Crippen molar-refractivity contribution in [3.63, 3.8) is 0 Å². The van der Waals surface area contributed by atoms with Gasteiger partial charge in [0.15, 0.2) is 6.54 Å². The maximum absolute atomic E-state index is 13.0. The molecule has 1 aliphatic heterocycles. The molecule has 0 saturated carbocycles. The summed E-state index contributed by atoms with van der Waals surface area (Å²) >= 11 is 6.02. The summed E-state index contributed by atoms with van der Waals surface area (Å²) in [6.07, 6.45) is -4.49. The number of hydrogen-bond acceptors (Lipinski definition) is 1. The molecule has 0 bridgehead atoms. The Morgan fingerprint density at radius 1 is 0.912 bits per heavy atom. The second-order valence-corrected chi connectivity index (χ2v) is 9.34. The SMILES string of the molecule is O=C(C[NH+]1CC[NH+](C2c3ccccc3-c3ccccc32)CC1)Nc1cc(C(F)(F)F)ccc1Cl. The van der Waals surface area contributed by atoms with Gasteiger partial charge in [-0.15, -0.1) is 0 Å². The molecule has 0 atom stereocenters. The van der Waals surface area contributed by atoms with E-state index in [0.29, 0.717) is 0 Å². The van der Waals surface area contributed by atoms with Gasteiger partial charge in [-0.1, -0.05) is 60.1 Å². The van der Waals surface area contributed by atoms with Crippen LogP contribution in [0.4, 0.5) is 18.9 Å². The van der Waals surface area contributed by atoms with Gasteiger partial charge < -0.3 is 15.1 Å². The van der Waals surface area contributed by atoms with E-state index in [1.807, 2.05) is 0 Å². The summed E-state index contributed by atoms with van der Waals surface area (Å²) in [5.41, 5.74) is 4.43. The van der Waals surface area contributed by atoms with Crippen molar-refractivity contribution in [2.45, 2.75) is 12.2 Å². The predicted octanol–water partition coefficient (Wildman–Crippen LogP) is 2.85. The number of carbonyl (C=O) groups excluding carboxylic acids is 1. The van der Waals surface area contributed by atoms with Crippen molar-refractivity contribution in [1.82, 2.24) is 0 Å². The fourth-order valence-electron chi connectivity index (χ4n) is 5.20. The Balaban J connectivity index is 1.23. The van der Waals surface area contributed by atoms with E-state index in [0.717, 1.165) is 49.3 Å². The minimum Gasteiger partial charge on any atom is -0.320 e. The number of nitrogens with one attached hydrogen (secondary N) is 3. The zero-order valence-electron chi connectivity index (χ0n) is 18.4. The molecule has 4 nitrogen and oxygen atoms in total. The second-order valence-electron chi connectivity index (χ2n) is 8.93. The van der Waals surface area contributed by atoms with Crippen LogP contribution in [0.25, 0.3) is 11.1 Å². The van der Waals surface area contributed by atoms with Crippen LogP contribution in [0.15, 0.2) is 66.7 Å². The van der Waals surface area contributed by atoms with Gasteiger partial charge in [0.2, 0.25) is 0 Å². The van der Waals surface area contributed by atoms with Crippen LogP contribution in [0.3, 0.4) is 0 Å². The lowest BCUT2D eigenvalue weighted by molar-refractivity contribution is -1.02. The van der Waals surface area contributed by atoms with E-state index in [9.17, 15) is 18.0 Å². The summed E-state index contributed by atoms with van der Waals surface area (Å²) in [5.74, 6) is -0.337. The highest BCUT2D eigenvalue weighted by atomic mass is 35.5. The van der Waals surface area contributed by atoms with Crippen molar-refractivity contribution in [3.8, 4) is 11.1 Å². The predicted molar refractivity (Wildman–Crippen MR) is 125 cm³/mol. The summed E-state index contributed by atoms with van der Waals surface area (Å²) in [7, 11) is 0. The lowest BCUT2D eigenvalue weighted by Crippen LogP contribution is -3.28. The van der Waals surface area contributed by atoms with Gasteiger partial charge in [0, 0.05) is 11.1 Å². The van der Waals surface area contributed by atoms with Crippen LogP contribution in [-0.2, 0) is 11.0 Å². The van der Waals surface area contributed by atoms with E-state index < -0.39 is 11.7 Å². The fraction of sp³-hybridized carbons (Fsp3) is 0.269. The Labute approximate surface area is 200 Å². The highest BCUT2D eigenvalue weighted by Crippen LogP contribution is 2.41. The number of hydrogen-bond donors (Lipinski definition) is 3. The first-order valence-electron chi connectivity index (χ1n) is 11.3. The number of halogens is 4. The van der Waals surface area contributed by atoms with Crippen LogP contribution in [0.1, 0.15) is 22.7 Å².